The van der Waals surface area contributed by atoms with Gasteiger partial charge in [0.15, 0.2) is 0 Å². The molecule has 2 aliphatic rings. The number of likely N-dealkylation sites (N-methyl/N-ethyl adjacent to an activating group) is 1. The normalized spacial score (nSPS) is 26.7. The van der Waals surface area contributed by atoms with E-state index in [1.54, 1.807) is 4.90 Å². The Hall–Kier alpha value is -1.50. The van der Waals surface area contributed by atoms with E-state index in [0.717, 1.165) is 26.2 Å². The lowest BCUT2D eigenvalue weighted by atomic mass is 10.0. The predicted molar refractivity (Wildman–Crippen MR) is 85.8 cm³/mol. The van der Waals surface area contributed by atoms with Crippen LogP contribution in [0, 0.1) is 5.82 Å². The van der Waals surface area contributed by atoms with Crippen LogP contribution in [0.1, 0.15) is 16.8 Å². The van der Waals surface area contributed by atoms with Gasteiger partial charge >= 0.3 is 0 Å². The SMILES string of the molecule is CN1CCN(C[C@]2(O)CCN(C(=O)c3ccc(F)cc3)C2)CC1. The molecule has 6 heteroatoms. The summed E-state index contributed by atoms with van der Waals surface area (Å²) < 4.78 is 13.0. The van der Waals surface area contributed by atoms with Crippen molar-refractivity contribution >= 4 is 5.91 Å². The second-order valence-electron chi connectivity index (χ2n) is 6.79. The number of hydrogen-bond donors (Lipinski definition) is 1. The third-order valence-corrected chi connectivity index (χ3v) is 4.82. The van der Waals surface area contributed by atoms with E-state index >= 15 is 0 Å². The van der Waals surface area contributed by atoms with Crippen molar-refractivity contribution < 1.29 is 14.3 Å². The van der Waals surface area contributed by atoms with Gasteiger partial charge in [0.2, 0.25) is 0 Å². The zero-order valence-electron chi connectivity index (χ0n) is 13.5. The van der Waals surface area contributed by atoms with Crippen molar-refractivity contribution in [1.82, 2.24) is 14.7 Å². The summed E-state index contributed by atoms with van der Waals surface area (Å²) in [5.41, 5.74) is -0.374. The second kappa shape index (κ2) is 6.55. The van der Waals surface area contributed by atoms with Crippen LogP contribution in [0.15, 0.2) is 24.3 Å². The molecule has 1 atom stereocenters. The number of likely N-dealkylation sites (tertiary alicyclic amines) is 1. The lowest BCUT2D eigenvalue weighted by Gasteiger charge is -2.36. The van der Waals surface area contributed by atoms with Crippen molar-refractivity contribution in [2.75, 3.05) is 52.9 Å². The van der Waals surface area contributed by atoms with Crippen LogP contribution in [0.4, 0.5) is 4.39 Å². The molecule has 3 rings (SSSR count). The highest BCUT2D eigenvalue weighted by atomic mass is 19.1. The molecular weight excluding hydrogens is 297 g/mol. The van der Waals surface area contributed by atoms with Crippen molar-refractivity contribution in [1.29, 1.82) is 0 Å². The quantitative estimate of drug-likeness (QED) is 0.888. The third-order valence-electron chi connectivity index (χ3n) is 4.82. The number of carbonyl (C=O) groups is 1. The van der Waals surface area contributed by atoms with Crippen LogP contribution < -0.4 is 0 Å². The molecule has 0 saturated carbocycles. The summed E-state index contributed by atoms with van der Waals surface area (Å²) in [6, 6.07) is 5.57. The number of rotatable bonds is 3. The van der Waals surface area contributed by atoms with Gasteiger partial charge in [-0.3, -0.25) is 9.69 Å². The lowest BCUT2D eigenvalue weighted by Crippen LogP contribution is -2.52. The maximum Gasteiger partial charge on any atom is 0.253 e. The molecule has 1 aromatic carbocycles. The number of amides is 1. The first-order valence-corrected chi connectivity index (χ1v) is 8.13. The number of nitrogens with zero attached hydrogens (tertiary/aromatic N) is 3. The Balaban J connectivity index is 1.58. The summed E-state index contributed by atoms with van der Waals surface area (Å²) >= 11 is 0. The average molecular weight is 321 g/mol. The van der Waals surface area contributed by atoms with Gasteiger partial charge in [-0.05, 0) is 37.7 Å². The summed E-state index contributed by atoms with van der Waals surface area (Å²) in [6.07, 6.45) is 0.590. The van der Waals surface area contributed by atoms with Gasteiger partial charge in [-0.1, -0.05) is 0 Å². The Morgan fingerprint density at radius 1 is 1.17 bits per heavy atom. The van der Waals surface area contributed by atoms with Crippen molar-refractivity contribution in [3.05, 3.63) is 35.6 Å². The highest BCUT2D eigenvalue weighted by Gasteiger charge is 2.40. The van der Waals surface area contributed by atoms with Crippen LogP contribution in [0.5, 0.6) is 0 Å². The molecule has 2 saturated heterocycles. The summed E-state index contributed by atoms with van der Waals surface area (Å²) in [5, 5.41) is 10.8. The second-order valence-corrected chi connectivity index (χ2v) is 6.79. The van der Waals surface area contributed by atoms with E-state index in [1.807, 2.05) is 0 Å². The summed E-state index contributed by atoms with van der Waals surface area (Å²) in [4.78, 5) is 18.7. The molecule has 23 heavy (non-hydrogen) atoms. The molecule has 2 aliphatic heterocycles. The molecule has 1 N–H and O–H groups in total. The lowest BCUT2D eigenvalue weighted by molar-refractivity contribution is 0.000524. The van der Waals surface area contributed by atoms with Gasteiger partial charge in [-0.15, -0.1) is 0 Å². The summed E-state index contributed by atoms with van der Waals surface area (Å²) in [6.45, 7) is 5.40. The minimum atomic E-state index is -0.842. The van der Waals surface area contributed by atoms with E-state index < -0.39 is 5.60 Å². The van der Waals surface area contributed by atoms with Gasteiger partial charge in [0, 0.05) is 44.8 Å². The number of β-amino-alcohol motifs (C(OH)–C–C–N with tert-alkyl or cyclic N) is 1. The topological polar surface area (TPSA) is 47.0 Å². The molecule has 0 unspecified atom stereocenters. The van der Waals surface area contributed by atoms with Crippen LogP contribution in [0.3, 0.4) is 0 Å². The van der Waals surface area contributed by atoms with Gasteiger partial charge in [0.1, 0.15) is 5.82 Å². The standard InChI is InChI=1S/C17H24FN3O2/c1-19-8-10-20(11-9-19)12-17(23)6-7-21(13-17)16(22)14-2-4-15(18)5-3-14/h2-5,23H,6-13H2,1H3/t17-/m1/s1. The van der Waals surface area contributed by atoms with E-state index in [0.29, 0.717) is 31.6 Å². The van der Waals surface area contributed by atoms with Crippen LogP contribution in [-0.2, 0) is 0 Å². The van der Waals surface area contributed by atoms with Crippen molar-refractivity contribution in [2.45, 2.75) is 12.0 Å². The Labute approximate surface area is 136 Å². The highest BCUT2D eigenvalue weighted by molar-refractivity contribution is 5.94. The number of carbonyl (C=O) groups excluding carboxylic acids is 1. The highest BCUT2D eigenvalue weighted by Crippen LogP contribution is 2.24. The Bertz CT molecular complexity index is 557. The predicted octanol–water partition coefficient (Wildman–Crippen LogP) is 0.650. The minimum Gasteiger partial charge on any atom is -0.387 e. The zero-order valence-corrected chi connectivity index (χ0v) is 13.5. The van der Waals surface area contributed by atoms with Gasteiger partial charge < -0.3 is 14.9 Å². The first kappa shape index (κ1) is 16.4. The summed E-state index contributed by atoms with van der Waals surface area (Å²) in [7, 11) is 2.10. The van der Waals surface area contributed by atoms with Crippen molar-refractivity contribution in [3.8, 4) is 0 Å². The zero-order chi connectivity index (χ0) is 16.4. The van der Waals surface area contributed by atoms with Crippen LogP contribution in [0.25, 0.3) is 0 Å². The molecule has 1 amide bonds. The monoisotopic (exact) mass is 321 g/mol. The Morgan fingerprint density at radius 2 is 1.83 bits per heavy atom. The first-order chi connectivity index (χ1) is 11.0. The molecule has 0 radical (unpaired) electrons. The Morgan fingerprint density at radius 3 is 2.48 bits per heavy atom. The number of piperazine rings is 1. The molecular formula is C17H24FN3O2. The first-order valence-electron chi connectivity index (χ1n) is 8.13. The molecule has 0 bridgehead atoms. The number of benzene rings is 1. The number of halogens is 1. The van der Waals surface area contributed by atoms with Crippen LogP contribution in [0.2, 0.25) is 0 Å². The molecule has 2 heterocycles. The third kappa shape index (κ3) is 3.88. The van der Waals surface area contributed by atoms with Crippen LogP contribution in [-0.4, -0.2) is 84.2 Å². The average Bonchev–Trinajstić information content (AvgIpc) is 2.92. The van der Waals surface area contributed by atoms with E-state index in [4.69, 9.17) is 0 Å². The van der Waals surface area contributed by atoms with Crippen molar-refractivity contribution in [3.63, 3.8) is 0 Å². The van der Waals surface area contributed by atoms with Crippen LogP contribution >= 0.6 is 0 Å². The van der Waals surface area contributed by atoms with Gasteiger partial charge in [0.05, 0.1) is 12.1 Å². The molecule has 0 spiro atoms. The maximum atomic E-state index is 13.0. The van der Waals surface area contributed by atoms with E-state index in [9.17, 15) is 14.3 Å². The fourth-order valence-corrected chi connectivity index (χ4v) is 3.36. The van der Waals surface area contributed by atoms with E-state index in [-0.39, 0.29) is 11.7 Å². The van der Waals surface area contributed by atoms with E-state index in [2.05, 4.69) is 16.8 Å². The molecule has 0 aliphatic carbocycles. The Kier molecular flexibility index (Phi) is 4.66. The molecule has 2 fully saturated rings. The molecule has 126 valence electrons. The van der Waals surface area contributed by atoms with Gasteiger partial charge in [0.25, 0.3) is 5.91 Å². The fraction of sp³-hybridized carbons (Fsp3) is 0.588. The van der Waals surface area contributed by atoms with Gasteiger partial charge in [-0.2, -0.15) is 0 Å². The number of hydrogen-bond acceptors (Lipinski definition) is 4. The number of aliphatic hydroxyl groups is 1. The summed E-state index contributed by atoms with van der Waals surface area (Å²) in [5.74, 6) is -0.492. The van der Waals surface area contributed by atoms with E-state index in [1.165, 1.54) is 24.3 Å². The molecule has 1 aromatic rings. The van der Waals surface area contributed by atoms with Gasteiger partial charge in [-0.25, -0.2) is 4.39 Å². The molecule has 0 aromatic heterocycles. The smallest absolute Gasteiger partial charge is 0.253 e. The fourth-order valence-electron chi connectivity index (χ4n) is 3.36. The van der Waals surface area contributed by atoms with Crippen molar-refractivity contribution in [2.24, 2.45) is 0 Å². The minimum absolute atomic E-state index is 0.140. The molecule has 5 nitrogen and oxygen atoms in total. The maximum absolute atomic E-state index is 13.0. The largest absolute Gasteiger partial charge is 0.387 e.